The van der Waals surface area contributed by atoms with Gasteiger partial charge in [0.2, 0.25) is 11.8 Å². The second-order valence-electron chi connectivity index (χ2n) is 11.9. The quantitative estimate of drug-likeness (QED) is 0.419. The van der Waals surface area contributed by atoms with Crippen LogP contribution in [0, 0.1) is 13.8 Å². The molecule has 7 heteroatoms. The Morgan fingerprint density at radius 2 is 1.75 bits per heavy atom. The van der Waals surface area contributed by atoms with Crippen molar-refractivity contribution in [1.82, 2.24) is 25.0 Å². The number of likely N-dealkylation sites (N-methyl/N-ethyl adjacent to an activating group) is 1. The molecule has 2 aromatic carbocycles. The highest BCUT2D eigenvalue weighted by Crippen LogP contribution is 2.22. The van der Waals surface area contributed by atoms with Crippen molar-refractivity contribution in [2.45, 2.75) is 71.0 Å². The highest BCUT2D eigenvalue weighted by molar-refractivity contribution is 5.90. The van der Waals surface area contributed by atoms with E-state index in [2.05, 4.69) is 58.2 Å². The Morgan fingerprint density at radius 1 is 1.00 bits per heavy atom. The fraction of sp³-hybridized carbons (Fsp3) is 0.515. The summed E-state index contributed by atoms with van der Waals surface area (Å²) in [5.41, 5.74) is 5.62. The summed E-state index contributed by atoms with van der Waals surface area (Å²) in [4.78, 5) is 37.1. The van der Waals surface area contributed by atoms with Gasteiger partial charge in [0.15, 0.2) is 0 Å². The van der Waals surface area contributed by atoms with Crippen LogP contribution in [0.3, 0.4) is 0 Å². The number of aryl methyl sites for hydroxylation is 2. The predicted octanol–water partition coefficient (Wildman–Crippen LogP) is 4.42. The second-order valence-corrected chi connectivity index (χ2v) is 11.9. The van der Waals surface area contributed by atoms with Crippen molar-refractivity contribution in [3.63, 3.8) is 0 Å². The molecule has 3 heterocycles. The van der Waals surface area contributed by atoms with Crippen LogP contribution in [-0.2, 0) is 22.6 Å². The summed E-state index contributed by atoms with van der Waals surface area (Å²) >= 11 is 0. The van der Waals surface area contributed by atoms with Crippen molar-refractivity contribution in [2.75, 3.05) is 39.8 Å². The van der Waals surface area contributed by atoms with E-state index in [1.807, 2.05) is 31.4 Å². The van der Waals surface area contributed by atoms with Gasteiger partial charge in [-0.25, -0.2) is 0 Å². The number of nitrogens with one attached hydrogen (secondary N) is 2. The minimum Gasteiger partial charge on any atom is -0.361 e. The molecular weight excluding hydrogens is 498 g/mol. The van der Waals surface area contributed by atoms with Gasteiger partial charge in [0.1, 0.15) is 6.04 Å². The SMILES string of the molecule is Cc1ccc(CN(C)C(=O)C(Cc2c[nH]c3ccccc23)NC(=O)CN2CCC(N3CCCCC3)CC2)cc1C. The number of aromatic nitrogens is 1. The second kappa shape index (κ2) is 13.0. The first kappa shape index (κ1) is 28.4. The largest absolute Gasteiger partial charge is 0.361 e. The van der Waals surface area contributed by atoms with E-state index in [9.17, 15) is 9.59 Å². The molecule has 0 saturated carbocycles. The third-order valence-corrected chi connectivity index (χ3v) is 8.93. The fourth-order valence-electron chi connectivity index (χ4n) is 6.41. The summed E-state index contributed by atoms with van der Waals surface area (Å²) in [5, 5.41) is 4.22. The number of H-pyrrole nitrogens is 1. The number of benzene rings is 2. The van der Waals surface area contributed by atoms with Gasteiger partial charge in [-0.15, -0.1) is 0 Å². The molecule has 2 aliphatic heterocycles. The van der Waals surface area contributed by atoms with Gasteiger partial charge in [-0.3, -0.25) is 14.5 Å². The van der Waals surface area contributed by atoms with Crippen LogP contribution in [-0.4, -0.2) is 83.4 Å². The molecule has 5 rings (SSSR count). The molecule has 1 unspecified atom stereocenters. The molecule has 3 aromatic rings. The van der Waals surface area contributed by atoms with Crippen LogP contribution in [0.15, 0.2) is 48.7 Å². The third kappa shape index (κ3) is 6.94. The van der Waals surface area contributed by atoms with E-state index in [0.29, 0.717) is 25.6 Å². The number of para-hydroxylation sites is 1. The first-order valence-electron chi connectivity index (χ1n) is 15.0. The minimum absolute atomic E-state index is 0.0688. The van der Waals surface area contributed by atoms with E-state index < -0.39 is 6.04 Å². The van der Waals surface area contributed by atoms with Crippen LogP contribution in [0.5, 0.6) is 0 Å². The number of likely N-dealkylation sites (tertiary alicyclic amines) is 2. The van der Waals surface area contributed by atoms with Crippen LogP contribution in [0.25, 0.3) is 10.9 Å². The van der Waals surface area contributed by atoms with Crippen molar-refractivity contribution in [3.05, 3.63) is 70.9 Å². The number of piperidine rings is 2. The molecule has 2 aliphatic rings. The zero-order valence-corrected chi connectivity index (χ0v) is 24.4. The lowest BCUT2D eigenvalue weighted by Gasteiger charge is -2.40. The van der Waals surface area contributed by atoms with Gasteiger partial charge in [0.05, 0.1) is 6.54 Å². The monoisotopic (exact) mass is 543 g/mol. The lowest BCUT2D eigenvalue weighted by Crippen LogP contribution is -2.52. The van der Waals surface area contributed by atoms with E-state index in [4.69, 9.17) is 0 Å². The molecule has 2 N–H and O–H groups in total. The molecule has 0 spiro atoms. The smallest absolute Gasteiger partial charge is 0.245 e. The molecule has 1 aromatic heterocycles. The number of rotatable bonds is 9. The van der Waals surface area contributed by atoms with E-state index in [1.54, 1.807) is 4.90 Å². The topological polar surface area (TPSA) is 71.7 Å². The standard InChI is InChI=1S/C33H45N5O2/c1-24-11-12-26(19-25(24)2)22-36(3)33(40)31(20-27-21-34-30-10-6-5-9-29(27)30)35-32(39)23-37-17-13-28(14-18-37)38-15-7-4-8-16-38/h5-6,9-12,19,21,28,31,34H,4,7-8,13-18,20,22-23H2,1-3H3,(H,35,39). The average Bonchev–Trinajstić information content (AvgIpc) is 3.38. The average molecular weight is 544 g/mol. The Bertz CT molecular complexity index is 1300. The molecule has 2 saturated heterocycles. The molecule has 1 atom stereocenters. The van der Waals surface area contributed by atoms with Gasteiger partial charge in [0, 0.05) is 56.2 Å². The molecule has 2 fully saturated rings. The zero-order chi connectivity index (χ0) is 28.1. The highest BCUT2D eigenvalue weighted by Gasteiger charge is 2.29. The summed E-state index contributed by atoms with van der Waals surface area (Å²) in [6, 6.07) is 14.4. The fourth-order valence-corrected chi connectivity index (χ4v) is 6.41. The number of nitrogens with zero attached hydrogens (tertiary/aromatic N) is 3. The Labute approximate surface area is 238 Å². The third-order valence-electron chi connectivity index (χ3n) is 8.93. The first-order chi connectivity index (χ1) is 19.4. The van der Waals surface area contributed by atoms with E-state index >= 15 is 0 Å². The van der Waals surface area contributed by atoms with Crippen LogP contribution < -0.4 is 5.32 Å². The number of fused-ring (bicyclic) bond motifs is 1. The molecule has 0 aliphatic carbocycles. The maximum atomic E-state index is 13.8. The molecule has 214 valence electrons. The van der Waals surface area contributed by atoms with E-state index in [-0.39, 0.29) is 11.8 Å². The number of aromatic amines is 1. The van der Waals surface area contributed by atoms with Gasteiger partial charge in [-0.05, 0) is 80.9 Å². The van der Waals surface area contributed by atoms with Crippen molar-refractivity contribution >= 4 is 22.7 Å². The molecule has 0 bridgehead atoms. The van der Waals surface area contributed by atoms with Gasteiger partial charge >= 0.3 is 0 Å². The lowest BCUT2D eigenvalue weighted by atomic mass is 10.00. The highest BCUT2D eigenvalue weighted by atomic mass is 16.2. The van der Waals surface area contributed by atoms with Crippen molar-refractivity contribution in [1.29, 1.82) is 0 Å². The minimum atomic E-state index is -0.630. The van der Waals surface area contributed by atoms with Crippen molar-refractivity contribution in [3.8, 4) is 0 Å². The lowest BCUT2D eigenvalue weighted by molar-refractivity contribution is -0.136. The van der Waals surface area contributed by atoms with Crippen molar-refractivity contribution < 1.29 is 9.59 Å². The molecule has 0 radical (unpaired) electrons. The number of amides is 2. The van der Waals surface area contributed by atoms with Gasteiger partial charge in [-0.2, -0.15) is 0 Å². The summed E-state index contributed by atoms with van der Waals surface area (Å²) in [6.45, 7) is 9.34. The summed E-state index contributed by atoms with van der Waals surface area (Å²) in [6.07, 6.45) is 8.62. The van der Waals surface area contributed by atoms with Crippen LogP contribution >= 0.6 is 0 Å². The first-order valence-corrected chi connectivity index (χ1v) is 15.0. The van der Waals surface area contributed by atoms with E-state index in [1.165, 1.54) is 43.5 Å². The number of hydrogen-bond donors (Lipinski definition) is 2. The predicted molar refractivity (Wildman–Crippen MR) is 161 cm³/mol. The van der Waals surface area contributed by atoms with Crippen LogP contribution in [0.1, 0.15) is 54.4 Å². The van der Waals surface area contributed by atoms with Gasteiger partial charge < -0.3 is 20.1 Å². The maximum absolute atomic E-state index is 13.8. The summed E-state index contributed by atoms with van der Waals surface area (Å²) in [7, 11) is 1.83. The Hall–Kier alpha value is -3.16. The maximum Gasteiger partial charge on any atom is 0.245 e. The molecule has 2 amide bonds. The molecule has 7 nitrogen and oxygen atoms in total. The number of carbonyl (C=O) groups is 2. The molecule has 40 heavy (non-hydrogen) atoms. The van der Waals surface area contributed by atoms with E-state index in [0.717, 1.165) is 48.0 Å². The van der Waals surface area contributed by atoms with Crippen LogP contribution in [0.2, 0.25) is 0 Å². The van der Waals surface area contributed by atoms with Gasteiger partial charge in [-0.1, -0.05) is 42.8 Å². The Balaban J connectivity index is 1.24. The van der Waals surface area contributed by atoms with Crippen LogP contribution in [0.4, 0.5) is 0 Å². The summed E-state index contributed by atoms with van der Waals surface area (Å²) in [5.74, 6) is -0.144. The Morgan fingerprint density at radius 3 is 2.50 bits per heavy atom. The normalized spacial score (nSPS) is 18.1. The number of hydrogen-bond acceptors (Lipinski definition) is 4. The van der Waals surface area contributed by atoms with Crippen molar-refractivity contribution in [2.24, 2.45) is 0 Å². The van der Waals surface area contributed by atoms with Gasteiger partial charge in [0.25, 0.3) is 0 Å². The summed E-state index contributed by atoms with van der Waals surface area (Å²) < 4.78 is 0. The number of carbonyl (C=O) groups excluding carboxylic acids is 2. The zero-order valence-electron chi connectivity index (χ0n) is 24.4. The molecular formula is C33H45N5O2. The Kier molecular flexibility index (Phi) is 9.22.